The molecule has 0 bridgehead atoms. The Balaban J connectivity index is 1.66. The van der Waals surface area contributed by atoms with Gasteiger partial charge in [0.25, 0.3) is 11.8 Å². The lowest BCUT2D eigenvalue weighted by molar-refractivity contribution is -0.121. The zero-order chi connectivity index (χ0) is 25.1. The molecular weight excluding hydrogens is 464 g/mol. The first-order valence-corrected chi connectivity index (χ1v) is 12.8. The van der Waals surface area contributed by atoms with Crippen molar-refractivity contribution in [1.29, 1.82) is 0 Å². The summed E-state index contributed by atoms with van der Waals surface area (Å²) in [6.45, 7) is 6.02. The number of anilines is 2. The lowest BCUT2D eigenvalue weighted by Crippen LogP contribution is -2.50. The van der Waals surface area contributed by atoms with Crippen molar-refractivity contribution >= 4 is 33.2 Å². The smallest absolute Gasteiger partial charge is 0.270 e. The Labute approximate surface area is 197 Å². The summed E-state index contributed by atoms with van der Waals surface area (Å²) in [7, 11) is -3.08. The van der Waals surface area contributed by atoms with Crippen molar-refractivity contribution in [3.8, 4) is 0 Å². The molecule has 2 aliphatic rings. The quantitative estimate of drug-likeness (QED) is 0.701. The Hall–Kier alpha value is -2.88. The van der Waals surface area contributed by atoms with Crippen LogP contribution < -0.4 is 10.2 Å². The molecule has 2 aromatic rings. The highest BCUT2D eigenvalue weighted by atomic mass is 32.2. The van der Waals surface area contributed by atoms with Crippen LogP contribution in [-0.4, -0.2) is 42.3 Å². The van der Waals surface area contributed by atoms with Crippen molar-refractivity contribution < 1.29 is 26.8 Å². The molecule has 0 saturated carbocycles. The number of fused-ring (bicyclic) bond motifs is 1. The van der Waals surface area contributed by atoms with Gasteiger partial charge in [-0.15, -0.1) is 0 Å². The lowest BCUT2D eigenvalue weighted by atomic mass is 9.85. The summed E-state index contributed by atoms with van der Waals surface area (Å²) in [6.07, 6.45) is 1.90. The van der Waals surface area contributed by atoms with Crippen molar-refractivity contribution in [3.63, 3.8) is 0 Å². The normalized spacial score (nSPS) is 20.6. The summed E-state index contributed by atoms with van der Waals surface area (Å²) >= 11 is 0. The number of carbonyl (C=O) groups is 2. The maximum Gasteiger partial charge on any atom is 0.270 e. The topological polar surface area (TPSA) is 96.4 Å². The molecule has 1 fully saturated rings. The zero-order valence-electron chi connectivity index (χ0n) is 19.5. The molecule has 0 spiro atoms. The molecule has 2 aliphatic heterocycles. The van der Waals surface area contributed by atoms with E-state index in [0.717, 1.165) is 6.92 Å². The Kier molecular flexibility index (Phi) is 5.58. The van der Waals surface area contributed by atoms with Gasteiger partial charge in [0, 0.05) is 29.8 Å². The fourth-order valence-electron chi connectivity index (χ4n) is 4.38. The second-order valence-corrected chi connectivity index (χ2v) is 12.3. The Morgan fingerprint density at radius 3 is 2.38 bits per heavy atom. The number of benzene rings is 1. The number of pyridine rings is 1. The summed E-state index contributed by atoms with van der Waals surface area (Å²) in [5.74, 6) is -3.66. The number of hydrogen-bond acceptors (Lipinski definition) is 5. The van der Waals surface area contributed by atoms with Gasteiger partial charge < -0.3 is 5.32 Å². The predicted molar refractivity (Wildman–Crippen MR) is 124 cm³/mol. The molecular formula is C24H27F2N3O4S. The van der Waals surface area contributed by atoms with Gasteiger partial charge in [0.2, 0.25) is 5.91 Å². The van der Waals surface area contributed by atoms with E-state index in [1.54, 1.807) is 32.0 Å². The van der Waals surface area contributed by atoms with Crippen LogP contribution >= 0.6 is 0 Å². The SMILES string of the molecule is CC1(NC(=O)c2ccc3c(c2)C(C)(C)C(=O)N3c2cc(C(C)(F)F)ccn2)CCS(=O)(=O)CC1. The van der Waals surface area contributed by atoms with Gasteiger partial charge >= 0.3 is 0 Å². The molecule has 2 amide bonds. The van der Waals surface area contributed by atoms with Crippen LogP contribution in [0.4, 0.5) is 20.3 Å². The molecule has 34 heavy (non-hydrogen) atoms. The average molecular weight is 492 g/mol. The van der Waals surface area contributed by atoms with Crippen LogP contribution in [0.3, 0.4) is 0 Å². The highest BCUT2D eigenvalue weighted by Crippen LogP contribution is 2.45. The number of amides is 2. The third kappa shape index (κ3) is 4.31. The summed E-state index contributed by atoms with van der Waals surface area (Å²) in [5.41, 5.74) is -0.522. The molecule has 4 rings (SSSR count). The van der Waals surface area contributed by atoms with Gasteiger partial charge in [-0.2, -0.15) is 0 Å². The molecule has 182 valence electrons. The first kappa shape index (κ1) is 24.3. The second kappa shape index (κ2) is 7.83. The predicted octanol–water partition coefficient (Wildman–Crippen LogP) is 3.85. The number of halogens is 2. The van der Waals surface area contributed by atoms with Crippen molar-refractivity contribution in [3.05, 3.63) is 53.2 Å². The van der Waals surface area contributed by atoms with E-state index in [4.69, 9.17) is 0 Å². The molecule has 7 nitrogen and oxygen atoms in total. The van der Waals surface area contributed by atoms with E-state index in [-0.39, 0.29) is 34.7 Å². The molecule has 1 aromatic carbocycles. The minimum Gasteiger partial charge on any atom is -0.347 e. The molecule has 10 heteroatoms. The maximum atomic E-state index is 13.9. The van der Waals surface area contributed by atoms with Crippen LogP contribution in [0.2, 0.25) is 0 Å². The third-order valence-electron chi connectivity index (χ3n) is 6.74. The van der Waals surface area contributed by atoms with Gasteiger partial charge in [0.05, 0.1) is 22.6 Å². The molecule has 1 saturated heterocycles. The van der Waals surface area contributed by atoms with Crippen molar-refractivity contribution in [2.45, 2.75) is 57.4 Å². The van der Waals surface area contributed by atoms with E-state index in [2.05, 4.69) is 10.3 Å². The summed E-state index contributed by atoms with van der Waals surface area (Å²) < 4.78 is 51.2. The Morgan fingerprint density at radius 2 is 1.76 bits per heavy atom. The van der Waals surface area contributed by atoms with Crippen molar-refractivity contribution in [1.82, 2.24) is 10.3 Å². The van der Waals surface area contributed by atoms with Crippen LogP contribution in [0, 0.1) is 0 Å². The van der Waals surface area contributed by atoms with Crippen LogP contribution in [0.25, 0.3) is 0 Å². The molecule has 0 unspecified atom stereocenters. The zero-order valence-corrected chi connectivity index (χ0v) is 20.3. The Morgan fingerprint density at radius 1 is 1.12 bits per heavy atom. The van der Waals surface area contributed by atoms with Crippen molar-refractivity contribution in [2.75, 3.05) is 16.4 Å². The number of nitrogens with zero attached hydrogens (tertiary/aromatic N) is 2. The minimum absolute atomic E-state index is 0.0212. The lowest BCUT2D eigenvalue weighted by Gasteiger charge is -2.34. The first-order chi connectivity index (χ1) is 15.6. The Bertz CT molecular complexity index is 1270. The third-order valence-corrected chi connectivity index (χ3v) is 8.39. The van der Waals surface area contributed by atoms with Crippen LogP contribution in [0.5, 0.6) is 0 Å². The van der Waals surface area contributed by atoms with Gasteiger partial charge in [-0.1, -0.05) is 0 Å². The van der Waals surface area contributed by atoms with Gasteiger partial charge in [0.1, 0.15) is 15.7 Å². The molecule has 1 N–H and O–H groups in total. The number of rotatable bonds is 4. The molecule has 3 heterocycles. The van der Waals surface area contributed by atoms with E-state index in [1.165, 1.54) is 23.2 Å². The monoisotopic (exact) mass is 491 g/mol. The number of sulfone groups is 1. The van der Waals surface area contributed by atoms with Crippen LogP contribution in [0.1, 0.15) is 62.0 Å². The van der Waals surface area contributed by atoms with E-state index >= 15 is 0 Å². The largest absolute Gasteiger partial charge is 0.347 e. The standard InChI is InChI=1S/C24H27F2N3O4S/c1-22(2)17-13-15(20(30)28-23(3)8-11-34(32,33)12-9-23)5-6-18(17)29(21(22)31)19-14-16(7-10-27-19)24(4,25)26/h5-7,10,13-14H,8-9,11-12H2,1-4H3,(H,28,30). The van der Waals surface area contributed by atoms with Gasteiger partial charge in [-0.05, 0) is 69.5 Å². The van der Waals surface area contributed by atoms with Crippen LogP contribution in [0.15, 0.2) is 36.5 Å². The summed E-state index contributed by atoms with van der Waals surface area (Å²) in [4.78, 5) is 31.8. The van der Waals surface area contributed by atoms with E-state index in [9.17, 15) is 26.8 Å². The van der Waals surface area contributed by atoms with Gasteiger partial charge in [-0.25, -0.2) is 22.2 Å². The highest BCUT2D eigenvalue weighted by Gasteiger charge is 2.46. The molecule has 1 aromatic heterocycles. The van der Waals surface area contributed by atoms with Gasteiger partial charge in [0.15, 0.2) is 0 Å². The van der Waals surface area contributed by atoms with E-state index in [1.807, 2.05) is 6.92 Å². The van der Waals surface area contributed by atoms with E-state index in [0.29, 0.717) is 29.7 Å². The summed E-state index contributed by atoms with van der Waals surface area (Å²) in [5, 5.41) is 2.95. The average Bonchev–Trinajstić information content (AvgIpc) is 2.95. The maximum absolute atomic E-state index is 13.9. The number of nitrogens with one attached hydrogen (secondary N) is 1. The molecule has 0 atom stereocenters. The van der Waals surface area contributed by atoms with Crippen molar-refractivity contribution in [2.24, 2.45) is 0 Å². The highest BCUT2D eigenvalue weighted by molar-refractivity contribution is 7.91. The summed E-state index contributed by atoms with van der Waals surface area (Å²) in [6, 6.07) is 7.21. The molecule has 0 radical (unpaired) electrons. The fourth-order valence-corrected chi connectivity index (χ4v) is 6.11. The number of carbonyl (C=O) groups excluding carboxylic acids is 2. The number of aromatic nitrogens is 1. The van der Waals surface area contributed by atoms with E-state index < -0.39 is 26.7 Å². The van der Waals surface area contributed by atoms with Gasteiger partial charge in [-0.3, -0.25) is 14.5 Å². The first-order valence-electron chi connectivity index (χ1n) is 11.0. The fraction of sp³-hybridized carbons (Fsp3) is 0.458. The second-order valence-electron chi connectivity index (χ2n) is 9.96. The number of hydrogen-bond donors (Lipinski definition) is 1. The minimum atomic E-state index is -3.09. The number of alkyl halides is 2. The molecule has 0 aliphatic carbocycles. The van der Waals surface area contributed by atoms with Crippen LogP contribution in [-0.2, 0) is 26.0 Å².